The van der Waals surface area contributed by atoms with Gasteiger partial charge in [-0.3, -0.25) is 9.59 Å². The van der Waals surface area contributed by atoms with E-state index in [1.54, 1.807) is 0 Å². The first-order valence-electron chi connectivity index (χ1n) is 12.0. The lowest BCUT2D eigenvalue weighted by molar-refractivity contribution is -0.139. The van der Waals surface area contributed by atoms with Crippen molar-refractivity contribution in [3.05, 3.63) is 65.9 Å². The maximum atomic E-state index is 13.3. The molecule has 0 radical (unpaired) electrons. The van der Waals surface area contributed by atoms with Crippen molar-refractivity contribution in [2.24, 2.45) is 17.3 Å². The van der Waals surface area contributed by atoms with Gasteiger partial charge in [-0.2, -0.15) is 0 Å². The van der Waals surface area contributed by atoms with Crippen LogP contribution in [0.5, 0.6) is 0 Å². The Morgan fingerprint density at radius 2 is 1.94 bits per heavy atom. The van der Waals surface area contributed by atoms with Crippen LogP contribution in [0.4, 0.5) is 5.69 Å². The predicted molar refractivity (Wildman–Crippen MR) is 129 cm³/mol. The zero-order valence-corrected chi connectivity index (χ0v) is 18.9. The molecule has 6 nitrogen and oxygen atoms in total. The lowest BCUT2D eigenvalue weighted by atomic mass is 9.51. The average Bonchev–Trinajstić information content (AvgIpc) is 3.22. The molecule has 1 aliphatic heterocycles. The summed E-state index contributed by atoms with van der Waals surface area (Å²) in [6, 6.07) is 16.0. The van der Waals surface area contributed by atoms with Gasteiger partial charge in [-0.25, -0.2) is 0 Å². The molecule has 3 fully saturated rings. The van der Waals surface area contributed by atoms with Gasteiger partial charge in [-0.15, -0.1) is 0 Å². The van der Waals surface area contributed by atoms with Gasteiger partial charge in [0, 0.05) is 41.2 Å². The molecule has 170 valence electrons. The topological polar surface area (TPSA) is 86.0 Å². The Hall–Kier alpha value is -3.28. The van der Waals surface area contributed by atoms with E-state index in [1.807, 2.05) is 42.6 Å². The van der Waals surface area contributed by atoms with Gasteiger partial charge < -0.3 is 20.9 Å². The normalized spacial score (nSPS) is 30.0. The van der Waals surface area contributed by atoms with Gasteiger partial charge in [0.05, 0.1) is 5.56 Å². The molecule has 1 spiro atoms. The van der Waals surface area contributed by atoms with Crippen molar-refractivity contribution in [1.82, 2.24) is 15.6 Å². The number of H-pyrrole nitrogens is 1. The molecule has 2 heterocycles. The van der Waals surface area contributed by atoms with Crippen molar-refractivity contribution in [3.8, 4) is 0 Å². The van der Waals surface area contributed by atoms with Gasteiger partial charge in [0.2, 0.25) is 5.91 Å². The first kappa shape index (κ1) is 20.3. The fourth-order valence-electron chi connectivity index (χ4n) is 6.64. The minimum Gasteiger partial charge on any atom is -0.362 e. The van der Waals surface area contributed by atoms with E-state index in [2.05, 4.69) is 40.0 Å². The number of fused-ring (bicyclic) bond motifs is 4. The Balaban J connectivity index is 1.15. The number of anilines is 1. The van der Waals surface area contributed by atoms with Crippen molar-refractivity contribution in [2.75, 3.05) is 11.9 Å². The van der Waals surface area contributed by atoms with Gasteiger partial charge in [-0.1, -0.05) is 37.3 Å². The smallest absolute Gasteiger partial charge is 0.255 e. The van der Waals surface area contributed by atoms with Crippen LogP contribution in [-0.4, -0.2) is 29.0 Å². The van der Waals surface area contributed by atoms with Crippen LogP contribution in [0.3, 0.4) is 0 Å². The maximum Gasteiger partial charge on any atom is 0.255 e. The molecule has 4 N–H and O–H groups in total. The van der Waals surface area contributed by atoms with Crippen LogP contribution in [0, 0.1) is 17.3 Å². The van der Waals surface area contributed by atoms with E-state index in [0.717, 1.165) is 43.3 Å². The lowest BCUT2D eigenvalue weighted by Crippen LogP contribution is -2.70. The van der Waals surface area contributed by atoms with Crippen molar-refractivity contribution < 1.29 is 9.59 Å². The van der Waals surface area contributed by atoms with Crippen LogP contribution < -0.4 is 16.0 Å². The quantitative estimate of drug-likeness (QED) is 0.488. The molecule has 7 rings (SSSR count). The molecular formula is C27H30N4O2. The molecule has 6 heteroatoms. The zero-order chi connectivity index (χ0) is 22.6. The van der Waals surface area contributed by atoms with Gasteiger partial charge in [-0.05, 0) is 61.3 Å². The van der Waals surface area contributed by atoms with E-state index < -0.39 is 5.66 Å². The summed E-state index contributed by atoms with van der Waals surface area (Å²) < 4.78 is 0. The number of hydrogen-bond acceptors (Lipinski definition) is 3. The summed E-state index contributed by atoms with van der Waals surface area (Å²) in [5.41, 5.74) is 3.35. The predicted octanol–water partition coefficient (Wildman–Crippen LogP) is 4.20. The van der Waals surface area contributed by atoms with Crippen molar-refractivity contribution in [1.29, 1.82) is 0 Å². The molecule has 3 aliphatic carbocycles. The Kier molecular flexibility index (Phi) is 4.54. The Bertz CT molecular complexity index is 1250. The van der Waals surface area contributed by atoms with Crippen molar-refractivity contribution >= 4 is 28.4 Å². The summed E-state index contributed by atoms with van der Waals surface area (Å²) in [5.74, 6) is 0.348. The number of hydrogen-bond donors (Lipinski definition) is 4. The first-order valence-corrected chi connectivity index (χ1v) is 12.0. The van der Waals surface area contributed by atoms with Crippen LogP contribution in [-0.2, 0) is 11.2 Å². The molecule has 2 aromatic carbocycles. The molecule has 2 bridgehead atoms. The molecule has 3 unspecified atom stereocenters. The number of benzene rings is 2. The van der Waals surface area contributed by atoms with Crippen LogP contribution in [0.1, 0.15) is 48.5 Å². The van der Waals surface area contributed by atoms with Gasteiger partial charge >= 0.3 is 0 Å². The summed E-state index contributed by atoms with van der Waals surface area (Å²) in [4.78, 5) is 29.5. The molecule has 0 saturated heterocycles. The van der Waals surface area contributed by atoms with Crippen LogP contribution >= 0.6 is 0 Å². The summed E-state index contributed by atoms with van der Waals surface area (Å²) in [6.07, 6.45) is 6.45. The van der Waals surface area contributed by atoms with Gasteiger partial charge in [0.15, 0.2) is 0 Å². The highest BCUT2D eigenvalue weighted by atomic mass is 16.2. The molecule has 33 heavy (non-hydrogen) atoms. The second-order valence-corrected chi connectivity index (χ2v) is 10.4. The number of carbonyl (C=O) groups is 2. The first-order chi connectivity index (χ1) is 16.0. The monoisotopic (exact) mass is 442 g/mol. The Morgan fingerprint density at radius 3 is 2.82 bits per heavy atom. The summed E-state index contributed by atoms with van der Waals surface area (Å²) in [7, 11) is 0. The fraction of sp³-hybridized carbons (Fsp3) is 0.407. The third kappa shape index (κ3) is 3.23. The van der Waals surface area contributed by atoms with E-state index in [4.69, 9.17) is 0 Å². The number of para-hydroxylation sites is 2. The van der Waals surface area contributed by atoms with Gasteiger partial charge in [0.1, 0.15) is 5.66 Å². The van der Waals surface area contributed by atoms with Gasteiger partial charge in [0.25, 0.3) is 5.91 Å². The summed E-state index contributed by atoms with van der Waals surface area (Å²) >= 11 is 0. The van der Waals surface area contributed by atoms with E-state index in [-0.39, 0.29) is 29.1 Å². The average molecular weight is 443 g/mol. The second-order valence-electron chi connectivity index (χ2n) is 10.4. The summed E-state index contributed by atoms with van der Waals surface area (Å²) in [6.45, 7) is 2.85. The number of carbonyl (C=O) groups excluding carboxylic acids is 2. The molecule has 3 saturated carbocycles. The molecule has 1 aromatic heterocycles. The lowest BCUT2D eigenvalue weighted by Gasteiger charge is -2.60. The van der Waals surface area contributed by atoms with E-state index in [9.17, 15) is 9.59 Å². The standard InChI is InChI=1S/C27H30N4O2/c1-26-12-10-18(27(16-26)30-23-9-5-3-7-20(23)24(32)31-27)14-21(26)25(33)28-13-11-17-15-29-22-8-4-2-6-19(17)22/h2-9,15,18,21,29-30H,10-14,16H2,1H3,(H,28,33)(H,31,32)/t18?,21?,26?,27-/m0/s1. The number of nitrogens with one attached hydrogen (secondary N) is 4. The van der Waals surface area contributed by atoms with E-state index >= 15 is 0 Å². The Labute approximate surface area is 193 Å². The number of aromatic nitrogens is 1. The second kappa shape index (κ2) is 7.37. The van der Waals surface area contributed by atoms with E-state index in [1.165, 1.54) is 10.9 Å². The SMILES string of the molecule is CC12CCC(CC1C(=O)NCCc1c[nH]c3ccccc13)[C@]1(C2)NC(=O)c2ccccc2N1. The van der Waals surface area contributed by atoms with Crippen molar-refractivity contribution in [3.63, 3.8) is 0 Å². The molecule has 2 amide bonds. The van der Waals surface area contributed by atoms with Crippen molar-refractivity contribution in [2.45, 2.75) is 44.7 Å². The largest absolute Gasteiger partial charge is 0.362 e. The third-order valence-corrected chi connectivity index (χ3v) is 8.36. The maximum absolute atomic E-state index is 13.3. The Morgan fingerprint density at radius 1 is 1.12 bits per heavy atom. The van der Waals surface area contributed by atoms with Crippen LogP contribution in [0.25, 0.3) is 10.9 Å². The number of rotatable bonds is 4. The molecular weight excluding hydrogens is 412 g/mol. The van der Waals surface area contributed by atoms with Crippen LogP contribution in [0.2, 0.25) is 0 Å². The molecule has 3 aromatic rings. The minimum atomic E-state index is -0.459. The van der Waals surface area contributed by atoms with E-state index in [0.29, 0.717) is 12.1 Å². The summed E-state index contributed by atoms with van der Waals surface area (Å²) in [5, 5.41) is 11.4. The highest BCUT2D eigenvalue weighted by molar-refractivity contribution is 6.02. The third-order valence-electron chi connectivity index (χ3n) is 8.36. The fourth-order valence-corrected chi connectivity index (χ4v) is 6.64. The zero-order valence-electron chi connectivity index (χ0n) is 18.9. The number of aromatic amines is 1. The highest BCUT2D eigenvalue weighted by Crippen LogP contribution is 2.58. The molecule has 4 aliphatic rings. The highest BCUT2D eigenvalue weighted by Gasteiger charge is 2.60. The molecule has 4 atom stereocenters. The minimum absolute atomic E-state index is 0.0137. The number of amides is 2. The van der Waals surface area contributed by atoms with Crippen LogP contribution in [0.15, 0.2) is 54.7 Å².